The molecule has 0 radical (unpaired) electrons. The first-order valence-electron chi connectivity index (χ1n) is 7.26. The maximum Gasteiger partial charge on any atom is 0.143 e. The van der Waals surface area contributed by atoms with Gasteiger partial charge >= 0.3 is 0 Å². The summed E-state index contributed by atoms with van der Waals surface area (Å²) in [5.41, 5.74) is 2.28. The lowest BCUT2D eigenvalue weighted by Gasteiger charge is -2.30. The summed E-state index contributed by atoms with van der Waals surface area (Å²) in [6.45, 7) is 4.23. The number of aromatic nitrogens is 1. The van der Waals surface area contributed by atoms with Crippen molar-refractivity contribution in [1.29, 1.82) is 0 Å². The number of nitrogens with zero attached hydrogens (tertiary/aromatic N) is 1. The molecular formula is C17H18N2O. The van der Waals surface area contributed by atoms with E-state index in [1.54, 1.807) is 0 Å². The van der Waals surface area contributed by atoms with E-state index in [-0.39, 0.29) is 0 Å². The van der Waals surface area contributed by atoms with Crippen LogP contribution >= 0.6 is 0 Å². The van der Waals surface area contributed by atoms with E-state index in [9.17, 15) is 0 Å². The zero-order chi connectivity index (χ0) is 13.4. The Morgan fingerprint density at radius 3 is 2.70 bits per heavy atom. The fourth-order valence-corrected chi connectivity index (χ4v) is 2.86. The van der Waals surface area contributed by atoms with Gasteiger partial charge in [-0.3, -0.25) is 4.90 Å². The first-order valence-corrected chi connectivity index (χ1v) is 7.26. The normalized spacial score (nSPS) is 15.6. The van der Waals surface area contributed by atoms with E-state index < -0.39 is 0 Å². The average Bonchev–Trinajstić information content (AvgIpc) is 2.81. The topological polar surface area (TPSA) is 28.3 Å². The fourth-order valence-electron chi connectivity index (χ4n) is 2.86. The van der Waals surface area contributed by atoms with E-state index in [0.717, 1.165) is 24.4 Å². The molecule has 2 heterocycles. The second-order valence-electron chi connectivity index (χ2n) is 5.39. The molecule has 1 aliphatic heterocycles. The van der Waals surface area contributed by atoms with E-state index in [1.807, 2.05) is 6.07 Å². The third-order valence-corrected chi connectivity index (χ3v) is 4.12. The Hall–Kier alpha value is -2.00. The molecule has 2 aromatic carbocycles. The van der Waals surface area contributed by atoms with Crippen molar-refractivity contribution < 1.29 is 4.74 Å². The number of ether oxygens (including phenoxy) is 1. The number of fused-ring (bicyclic) bond motifs is 3. The standard InChI is InChI=1S/C17H18N2O/c1-2-7-15-13(5-1)14-6-3-8-16(17(14)18-15)20-12-11-19-9-4-10-19/h1-3,5-8,18H,4,9-12H2. The summed E-state index contributed by atoms with van der Waals surface area (Å²) >= 11 is 0. The van der Waals surface area contributed by atoms with Crippen molar-refractivity contribution in [3.63, 3.8) is 0 Å². The summed E-state index contributed by atoms with van der Waals surface area (Å²) in [6.07, 6.45) is 1.33. The predicted octanol–water partition coefficient (Wildman–Crippen LogP) is 3.41. The smallest absolute Gasteiger partial charge is 0.143 e. The highest BCUT2D eigenvalue weighted by molar-refractivity contribution is 6.09. The van der Waals surface area contributed by atoms with Crippen LogP contribution in [0.15, 0.2) is 42.5 Å². The van der Waals surface area contributed by atoms with Crippen molar-refractivity contribution in [3.05, 3.63) is 42.5 Å². The van der Waals surface area contributed by atoms with Crippen LogP contribution < -0.4 is 4.74 Å². The molecule has 0 saturated carbocycles. The molecule has 0 atom stereocenters. The van der Waals surface area contributed by atoms with E-state index in [0.29, 0.717) is 0 Å². The Labute approximate surface area is 118 Å². The summed E-state index contributed by atoms with van der Waals surface area (Å²) in [4.78, 5) is 5.90. The van der Waals surface area contributed by atoms with Crippen molar-refractivity contribution in [3.8, 4) is 5.75 Å². The third kappa shape index (κ3) is 1.95. The van der Waals surface area contributed by atoms with Crippen molar-refractivity contribution in [2.45, 2.75) is 6.42 Å². The molecule has 1 fully saturated rings. The largest absolute Gasteiger partial charge is 0.490 e. The molecule has 0 amide bonds. The first-order chi connectivity index (χ1) is 9.92. The molecule has 0 spiro atoms. The maximum atomic E-state index is 5.98. The first kappa shape index (κ1) is 11.8. The number of rotatable bonds is 4. The zero-order valence-electron chi connectivity index (χ0n) is 11.4. The van der Waals surface area contributed by atoms with E-state index in [4.69, 9.17) is 4.74 Å². The number of hydrogen-bond donors (Lipinski definition) is 1. The number of aromatic amines is 1. The minimum Gasteiger partial charge on any atom is -0.490 e. The van der Waals surface area contributed by atoms with Crippen LogP contribution in [0.2, 0.25) is 0 Å². The van der Waals surface area contributed by atoms with Gasteiger partial charge in [-0.15, -0.1) is 0 Å². The van der Waals surface area contributed by atoms with Crippen LogP contribution in [0.25, 0.3) is 21.8 Å². The van der Waals surface area contributed by atoms with Gasteiger partial charge in [0.05, 0.1) is 5.52 Å². The third-order valence-electron chi connectivity index (χ3n) is 4.12. The van der Waals surface area contributed by atoms with Crippen molar-refractivity contribution >= 4 is 21.8 Å². The molecule has 0 aliphatic carbocycles. The molecule has 1 aromatic heterocycles. The number of hydrogen-bond acceptors (Lipinski definition) is 2. The Morgan fingerprint density at radius 1 is 1.00 bits per heavy atom. The van der Waals surface area contributed by atoms with E-state index >= 15 is 0 Å². The lowest BCUT2D eigenvalue weighted by Crippen LogP contribution is -2.39. The van der Waals surface area contributed by atoms with Crippen LogP contribution in [0, 0.1) is 0 Å². The molecule has 3 nitrogen and oxygen atoms in total. The number of benzene rings is 2. The highest BCUT2D eigenvalue weighted by atomic mass is 16.5. The van der Waals surface area contributed by atoms with Crippen molar-refractivity contribution in [1.82, 2.24) is 9.88 Å². The Morgan fingerprint density at radius 2 is 1.85 bits per heavy atom. The van der Waals surface area contributed by atoms with Crippen LogP contribution in [-0.2, 0) is 0 Å². The number of para-hydroxylation sites is 2. The van der Waals surface area contributed by atoms with Gasteiger partial charge in [-0.1, -0.05) is 30.3 Å². The van der Waals surface area contributed by atoms with Gasteiger partial charge in [0.25, 0.3) is 0 Å². The number of H-pyrrole nitrogens is 1. The van der Waals surface area contributed by atoms with Gasteiger partial charge < -0.3 is 9.72 Å². The molecule has 3 aromatic rings. The molecule has 20 heavy (non-hydrogen) atoms. The molecule has 102 valence electrons. The quantitative estimate of drug-likeness (QED) is 0.784. The van der Waals surface area contributed by atoms with Crippen molar-refractivity contribution in [2.24, 2.45) is 0 Å². The Kier molecular flexibility index (Phi) is 2.85. The fraction of sp³-hybridized carbons (Fsp3) is 0.294. The van der Waals surface area contributed by atoms with Crippen LogP contribution in [-0.4, -0.2) is 36.1 Å². The molecule has 0 bridgehead atoms. The van der Waals surface area contributed by atoms with Crippen LogP contribution in [0.5, 0.6) is 5.75 Å². The van der Waals surface area contributed by atoms with Crippen LogP contribution in [0.1, 0.15) is 6.42 Å². The van der Waals surface area contributed by atoms with E-state index in [1.165, 1.54) is 35.8 Å². The average molecular weight is 266 g/mol. The highest BCUT2D eigenvalue weighted by Crippen LogP contribution is 2.31. The summed E-state index contributed by atoms with van der Waals surface area (Å²) in [6, 6.07) is 14.7. The summed E-state index contributed by atoms with van der Waals surface area (Å²) in [5, 5.41) is 2.50. The predicted molar refractivity (Wildman–Crippen MR) is 82.4 cm³/mol. The SMILES string of the molecule is c1ccc2c(c1)[nH]c1c(OCCN3CCC3)cccc12. The molecule has 3 heteroatoms. The Balaban J connectivity index is 1.64. The minimum absolute atomic E-state index is 0.758. The summed E-state index contributed by atoms with van der Waals surface area (Å²) in [5.74, 6) is 0.958. The summed E-state index contributed by atoms with van der Waals surface area (Å²) in [7, 11) is 0. The van der Waals surface area contributed by atoms with Gasteiger partial charge in [-0.05, 0) is 31.6 Å². The molecule has 1 N–H and O–H groups in total. The van der Waals surface area contributed by atoms with Gasteiger partial charge in [0.15, 0.2) is 0 Å². The lowest BCUT2D eigenvalue weighted by molar-refractivity contribution is 0.147. The van der Waals surface area contributed by atoms with Gasteiger partial charge in [0.2, 0.25) is 0 Å². The zero-order valence-corrected chi connectivity index (χ0v) is 11.4. The second kappa shape index (κ2) is 4.84. The van der Waals surface area contributed by atoms with Gasteiger partial charge in [0, 0.05) is 22.8 Å². The molecular weight excluding hydrogens is 248 g/mol. The Bertz CT molecular complexity index is 743. The molecule has 0 unspecified atom stereocenters. The molecule has 4 rings (SSSR count). The molecule has 1 saturated heterocycles. The maximum absolute atomic E-state index is 5.98. The van der Waals surface area contributed by atoms with E-state index in [2.05, 4.69) is 46.3 Å². The number of likely N-dealkylation sites (tertiary alicyclic amines) is 1. The van der Waals surface area contributed by atoms with Crippen LogP contribution in [0.3, 0.4) is 0 Å². The van der Waals surface area contributed by atoms with Gasteiger partial charge in [0.1, 0.15) is 12.4 Å². The number of nitrogens with one attached hydrogen (secondary N) is 1. The highest BCUT2D eigenvalue weighted by Gasteiger charge is 2.13. The monoisotopic (exact) mass is 266 g/mol. The van der Waals surface area contributed by atoms with Crippen molar-refractivity contribution in [2.75, 3.05) is 26.2 Å². The van der Waals surface area contributed by atoms with Gasteiger partial charge in [-0.25, -0.2) is 0 Å². The second-order valence-corrected chi connectivity index (χ2v) is 5.39. The molecule has 1 aliphatic rings. The van der Waals surface area contributed by atoms with Crippen LogP contribution in [0.4, 0.5) is 0 Å². The lowest BCUT2D eigenvalue weighted by atomic mass is 10.1. The van der Waals surface area contributed by atoms with Gasteiger partial charge in [-0.2, -0.15) is 0 Å². The summed E-state index contributed by atoms with van der Waals surface area (Å²) < 4.78 is 5.98. The minimum atomic E-state index is 0.758.